The van der Waals surface area contributed by atoms with Gasteiger partial charge in [-0.05, 0) is 23.3 Å². The van der Waals surface area contributed by atoms with Gasteiger partial charge in [0.05, 0.1) is 26.4 Å². The minimum absolute atomic E-state index is 0.0191. The number of benzene rings is 5. The SMILES string of the molecule is C#CCO[C@H]1[C@@H](O[C@@H]2O[C@@H]3CO[C@@H](c4ccccc4)O[C@H]3[C@H](OCc3ccccc3)[C@@H]2OCc2ccccc2)[C@@H]2O[C@H](c3ccccc3)OC[C@H]2O[C@@H]1Sc1ccccc1. The van der Waals surface area contributed by atoms with Crippen LogP contribution in [0, 0.1) is 12.3 Å². The lowest BCUT2D eigenvalue weighted by Gasteiger charge is -2.52. The van der Waals surface area contributed by atoms with Crippen molar-refractivity contribution < 1.29 is 47.4 Å². The van der Waals surface area contributed by atoms with E-state index in [9.17, 15) is 0 Å². The Morgan fingerprint density at radius 3 is 1.55 bits per heavy atom. The predicted octanol–water partition coefficient (Wildman–Crippen LogP) is 8.03. The Kier molecular flexibility index (Phi) is 13.7. The number of thioether (sulfide) groups is 1. The molecule has 11 heteroatoms. The molecule has 310 valence electrons. The first-order valence-electron chi connectivity index (χ1n) is 20.4. The normalized spacial score (nSPS) is 31.3. The summed E-state index contributed by atoms with van der Waals surface area (Å²) in [7, 11) is 0. The molecule has 0 unspecified atom stereocenters. The van der Waals surface area contributed by atoms with E-state index in [1.54, 1.807) is 0 Å². The van der Waals surface area contributed by atoms with Crippen LogP contribution < -0.4 is 0 Å². The van der Waals surface area contributed by atoms with Crippen molar-refractivity contribution in [3.8, 4) is 12.3 Å². The maximum Gasteiger partial charge on any atom is 0.187 e. The van der Waals surface area contributed by atoms with Crippen molar-refractivity contribution in [3.63, 3.8) is 0 Å². The molecular formula is C49H48O10S. The highest BCUT2D eigenvalue weighted by Gasteiger charge is 2.57. The highest BCUT2D eigenvalue weighted by Crippen LogP contribution is 2.44. The van der Waals surface area contributed by atoms with Crippen LogP contribution in [0.25, 0.3) is 0 Å². The lowest BCUT2D eigenvalue weighted by Crippen LogP contribution is -2.67. The molecule has 10 nitrogen and oxygen atoms in total. The third-order valence-corrected chi connectivity index (χ3v) is 12.1. The molecule has 0 N–H and O–H groups in total. The van der Waals surface area contributed by atoms with Gasteiger partial charge in [0.1, 0.15) is 60.9 Å². The summed E-state index contributed by atoms with van der Waals surface area (Å²) < 4.78 is 67.6. The van der Waals surface area contributed by atoms with Crippen molar-refractivity contribution in [1.82, 2.24) is 0 Å². The molecule has 4 aliphatic rings. The second kappa shape index (κ2) is 20.0. The largest absolute Gasteiger partial charge is 0.368 e. The lowest BCUT2D eigenvalue weighted by atomic mass is 9.95. The maximum absolute atomic E-state index is 7.30. The van der Waals surface area contributed by atoms with Gasteiger partial charge < -0.3 is 47.4 Å². The van der Waals surface area contributed by atoms with Gasteiger partial charge in [-0.25, -0.2) is 0 Å². The molecule has 5 aromatic rings. The molecule has 9 rings (SSSR count). The Morgan fingerprint density at radius 1 is 0.517 bits per heavy atom. The monoisotopic (exact) mass is 828 g/mol. The van der Waals surface area contributed by atoms with Gasteiger partial charge in [0.15, 0.2) is 18.9 Å². The molecule has 0 spiro atoms. The van der Waals surface area contributed by atoms with E-state index in [1.807, 2.05) is 152 Å². The highest BCUT2D eigenvalue weighted by molar-refractivity contribution is 7.99. The van der Waals surface area contributed by atoms with Crippen molar-refractivity contribution in [2.45, 2.75) is 91.2 Å². The maximum atomic E-state index is 7.30. The van der Waals surface area contributed by atoms with Crippen molar-refractivity contribution in [1.29, 1.82) is 0 Å². The van der Waals surface area contributed by atoms with E-state index in [0.717, 1.165) is 27.1 Å². The van der Waals surface area contributed by atoms with Crippen LogP contribution in [0.1, 0.15) is 34.8 Å². The first-order valence-corrected chi connectivity index (χ1v) is 21.3. The Hall–Kier alpha value is -4.39. The van der Waals surface area contributed by atoms with E-state index < -0.39 is 73.1 Å². The molecule has 4 saturated heterocycles. The van der Waals surface area contributed by atoms with Gasteiger partial charge in [0.25, 0.3) is 0 Å². The Balaban J connectivity index is 1.08. The predicted molar refractivity (Wildman–Crippen MR) is 223 cm³/mol. The smallest absolute Gasteiger partial charge is 0.187 e. The van der Waals surface area contributed by atoms with Crippen molar-refractivity contribution in [2.75, 3.05) is 19.8 Å². The molecule has 0 aliphatic carbocycles. The van der Waals surface area contributed by atoms with E-state index in [-0.39, 0.29) is 26.4 Å². The summed E-state index contributed by atoms with van der Waals surface area (Å²) in [5.41, 5.74) is 3.20. The van der Waals surface area contributed by atoms with Gasteiger partial charge >= 0.3 is 0 Å². The van der Waals surface area contributed by atoms with Gasteiger partial charge in [-0.15, -0.1) is 6.42 Å². The number of hydrogen-bond donors (Lipinski definition) is 0. The second-order valence-electron chi connectivity index (χ2n) is 15.0. The van der Waals surface area contributed by atoms with Crippen LogP contribution in [0.2, 0.25) is 0 Å². The van der Waals surface area contributed by atoms with E-state index in [1.165, 1.54) is 11.8 Å². The molecule has 0 amide bonds. The second-order valence-corrected chi connectivity index (χ2v) is 16.1. The molecule has 60 heavy (non-hydrogen) atoms. The zero-order valence-corrected chi connectivity index (χ0v) is 33.8. The summed E-state index contributed by atoms with van der Waals surface area (Å²) in [4.78, 5) is 0.994. The topological polar surface area (TPSA) is 92.3 Å². The minimum Gasteiger partial charge on any atom is -0.368 e. The van der Waals surface area contributed by atoms with Crippen LogP contribution in [-0.4, -0.2) is 80.4 Å². The molecule has 4 heterocycles. The fourth-order valence-electron chi connectivity index (χ4n) is 8.02. The standard InChI is InChI=1S/C49H48O10S/c1-2-28-50-45-43(41-39(56-49(45)60-37-26-16-7-17-27-37)32-54-47(58-41)36-24-14-6-15-25-36)59-48-44(52-30-34-20-10-4-11-21-34)42(51-29-33-18-8-3-9-19-33)40-38(55-48)31-53-46(57-40)35-22-12-5-13-23-35/h1,3-27,38-49H,28-32H2/t38-,39-,40-,41-,42+,43+,44+,45+,46-,47-,48+,49-/m1/s1. The summed E-state index contributed by atoms with van der Waals surface area (Å²) in [5, 5.41) is 0. The third-order valence-electron chi connectivity index (χ3n) is 10.9. The molecule has 4 aliphatic heterocycles. The van der Waals surface area contributed by atoms with E-state index >= 15 is 0 Å². The fourth-order valence-corrected chi connectivity index (χ4v) is 9.17. The Bertz CT molecular complexity index is 2090. The van der Waals surface area contributed by atoms with Crippen molar-refractivity contribution in [2.24, 2.45) is 0 Å². The summed E-state index contributed by atoms with van der Waals surface area (Å²) in [6.45, 7) is 1.07. The summed E-state index contributed by atoms with van der Waals surface area (Å²) in [6, 6.07) is 49.8. The van der Waals surface area contributed by atoms with Crippen LogP contribution in [0.3, 0.4) is 0 Å². The zero-order valence-electron chi connectivity index (χ0n) is 33.0. The molecule has 12 atom stereocenters. The molecule has 0 radical (unpaired) electrons. The van der Waals surface area contributed by atoms with E-state index in [4.69, 9.17) is 53.8 Å². The zero-order chi connectivity index (χ0) is 40.5. The quantitative estimate of drug-likeness (QED) is 0.102. The number of hydrogen-bond acceptors (Lipinski definition) is 11. The third kappa shape index (κ3) is 9.71. The van der Waals surface area contributed by atoms with Gasteiger partial charge in [-0.1, -0.05) is 157 Å². The summed E-state index contributed by atoms with van der Waals surface area (Å²) in [5.74, 6) is 2.65. The first kappa shape index (κ1) is 41.0. The number of rotatable bonds is 14. The van der Waals surface area contributed by atoms with Crippen molar-refractivity contribution in [3.05, 3.63) is 174 Å². The van der Waals surface area contributed by atoms with Crippen LogP contribution >= 0.6 is 11.8 Å². The Labute approximate surface area is 355 Å². The number of ether oxygens (including phenoxy) is 10. The molecule has 0 bridgehead atoms. The van der Waals surface area contributed by atoms with Gasteiger partial charge in [-0.3, -0.25) is 0 Å². The van der Waals surface area contributed by atoms with Gasteiger partial charge in [0.2, 0.25) is 0 Å². The van der Waals surface area contributed by atoms with Crippen LogP contribution in [-0.2, 0) is 60.6 Å². The molecule has 5 aromatic carbocycles. The number of terminal acetylenes is 1. The average Bonchev–Trinajstić information content (AvgIpc) is 3.31. The fraction of sp³-hybridized carbons (Fsp3) is 0.347. The van der Waals surface area contributed by atoms with E-state index in [0.29, 0.717) is 6.61 Å². The molecular weight excluding hydrogens is 781 g/mol. The number of fused-ring (bicyclic) bond motifs is 2. The van der Waals surface area contributed by atoms with Crippen molar-refractivity contribution >= 4 is 11.8 Å². The van der Waals surface area contributed by atoms with E-state index in [2.05, 4.69) is 5.92 Å². The minimum atomic E-state index is -0.999. The highest BCUT2D eigenvalue weighted by atomic mass is 32.2. The van der Waals surface area contributed by atoms with Crippen LogP contribution in [0.15, 0.2) is 157 Å². The molecule has 0 aromatic heterocycles. The summed E-state index contributed by atoms with van der Waals surface area (Å²) in [6.07, 6.45) is -1.70. The Morgan fingerprint density at radius 2 is 1.00 bits per heavy atom. The summed E-state index contributed by atoms with van der Waals surface area (Å²) >= 11 is 1.53. The van der Waals surface area contributed by atoms with Crippen LogP contribution in [0.4, 0.5) is 0 Å². The van der Waals surface area contributed by atoms with Gasteiger partial charge in [0, 0.05) is 16.0 Å². The van der Waals surface area contributed by atoms with Crippen LogP contribution in [0.5, 0.6) is 0 Å². The molecule has 0 saturated carbocycles. The molecule has 4 fully saturated rings. The van der Waals surface area contributed by atoms with Gasteiger partial charge in [-0.2, -0.15) is 0 Å². The lowest BCUT2D eigenvalue weighted by molar-refractivity contribution is -0.397. The average molecular weight is 829 g/mol. The first-order chi connectivity index (χ1) is 29.7.